The Morgan fingerprint density at radius 1 is 0.538 bits per heavy atom. The van der Waals surface area contributed by atoms with Crippen LogP contribution in [0.1, 0.15) is 65.5 Å². The molecule has 0 atom stereocenters. The van der Waals surface area contributed by atoms with Gasteiger partial charge in [0.1, 0.15) is 16.1 Å². The second-order valence-electron chi connectivity index (χ2n) is 11.1. The van der Waals surface area contributed by atoms with Gasteiger partial charge in [0.2, 0.25) is 0 Å². The van der Waals surface area contributed by atoms with Crippen molar-refractivity contribution in [1.29, 1.82) is 0 Å². The van der Waals surface area contributed by atoms with Crippen molar-refractivity contribution in [2.45, 2.75) is 104 Å². The number of benzene rings is 2. The van der Waals surface area contributed by atoms with Crippen molar-refractivity contribution in [1.82, 2.24) is 0 Å². The molecule has 0 heterocycles. The molecule has 0 radical (unpaired) electrons. The van der Waals surface area contributed by atoms with Crippen LogP contribution in [-0.2, 0) is 22.7 Å². The maximum atomic E-state index is 6.42. The third-order valence-electron chi connectivity index (χ3n) is 8.73. The topological polar surface area (TPSA) is 18.5 Å². The van der Waals surface area contributed by atoms with Gasteiger partial charge in [-0.25, -0.2) is 0 Å². The molecule has 2 aromatic carbocycles. The average molecular weight is 561 g/mol. The van der Waals surface area contributed by atoms with Gasteiger partial charge in [-0.2, -0.15) is 0 Å². The molecule has 0 saturated carbocycles. The lowest BCUT2D eigenvalue weighted by molar-refractivity contribution is -0.0283. The van der Waals surface area contributed by atoms with Crippen LogP contribution < -0.4 is 0 Å². The molecule has 0 aliphatic carbocycles. The van der Waals surface area contributed by atoms with Gasteiger partial charge < -0.3 is 9.47 Å². The average Bonchev–Trinajstić information content (AvgIpc) is 2.99. The van der Waals surface area contributed by atoms with Gasteiger partial charge in [0, 0.05) is 18.3 Å². The van der Waals surface area contributed by atoms with E-state index in [9.17, 15) is 0 Å². The molecule has 2 rings (SSSR count). The highest BCUT2D eigenvalue weighted by molar-refractivity contribution is 6.87. The lowest BCUT2D eigenvalue weighted by Gasteiger charge is -2.31. The monoisotopic (exact) mass is 560 g/mol. The second kappa shape index (κ2) is 17.6. The van der Waals surface area contributed by atoms with Gasteiger partial charge in [-0.05, 0) is 47.4 Å². The van der Waals surface area contributed by atoms with Crippen molar-refractivity contribution in [3.05, 3.63) is 71.8 Å². The first kappa shape index (κ1) is 33.1. The summed E-state index contributed by atoms with van der Waals surface area (Å²) in [7, 11) is -3.07. The van der Waals surface area contributed by atoms with Crippen LogP contribution in [0.4, 0.5) is 0 Å². The maximum Gasteiger partial charge on any atom is 0.137 e. The number of hydrogen-bond donors (Lipinski definition) is 0. The molecular formula is C35H52O2Si2. The van der Waals surface area contributed by atoms with Gasteiger partial charge in [0.05, 0.1) is 26.4 Å². The van der Waals surface area contributed by atoms with E-state index in [0.29, 0.717) is 26.4 Å². The first-order valence-corrected chi connectivity index (χ1v) is 20.4. The summed E-state index contributed by atoms with van der Waals surface area (Å²) < 4.78 is 12.8. The summed E-state index contributed by atoms with van der Waals surface area (Å²) in [6, 6.07) is 28.2. The molecule has 0 unspecified atom stereocenters. The normalized spacial score (nSPS) is 11.8. The van der Waals surface area contributed by atoms with E-state index in [1.165, 1.54) is 47.4 Å². The molecule has 2 nitrogen and oxygen atoms in total. The molecule has 0 aliphatic rings. The van der Waals surface area contributed by atoms with E-state index in [1.54, 1.807) is 0 Å². The minimum absolute atomic E-state index is 0.256. The minimum Gasteiger partial charge on any atom is -0.376 e. The summed E-state index contributed by atoms with van der Waals surface area (Å²) in [5.41, 5.74) is 9.79. The highest BCUT2D eigenvalue weighted by atomic mass is 28.3. The Kier molecular flexibility index (Phi) is 14.9. The predicted octanol–water partition coefficient (Wildman–Crippen LogP) is 9.29. The first-order chi connectivity index (χ1) is 18.9. The van der Waals surface area contributed by atoms with Crippen molar-refractivity contribution >= 4 is 16.1 Å². The lowest BCUT2D eigenvalue weighted by Crippen LogP contribution is -2.34. The number of hydrogen-bond acceptors (Lipinski definition) is 2. The third-order valence-corrected chi connectivity index (χ3v) is 18.3. The van der Waals surface area contributed by atoms with Crippen LogP contribution >= 0.6 is 0 Å². The van der Waals surface area contributed by atoms with E-state index in [0.717, 1.165) is 12.8 Å². The Morgan fingerprint density at radius 3 is 1.18 bits per heavy atom. The van der Waals surface area contributed by atoms with Gasteiger partial charge in [0.25, 0.3) is 0 Å². The minimum atomic E-state index is -1.54. The zero-order valence-electron chi connectivity index (χ0n) is 25.6. The fraction of sp³-hybridized carbons (Fsp3) is 0.543. The Labute approximate surface area is 242 Å². The molecule has 4 heteroatoms. The van der Waals surface area contributed by atoms with Crippen molar-refractivity contribution in [2.24, 2.45) is 5.41 Å². The van der Waals surface area contributed by atoms with E-state index >= 15 is 0 Å². The molecule has 0 saturated heterocycles. The molecule has 2 aromatic rings. The van der Waals surface area contributed by atoms with Crippen LogP contribution in [0.2, 0.25) is 36.3 Å². The van der Waals surface area contributed by atoms with Gasteiger partial charge in [-0.1, -0.05) is 102 Å². The molecule has 0 fully saturated rings. The Morgan fingerprint density at radius 2 is 0.872 bits per heavy atom. The molecule has 39 heavy (non-hydrogen) atoms. The third kappa shape index (κ3) is 10.8. The number of ether oxygens (including phenoxy) is 2. The SMILES string of the molecule is CC[Si](C#CCC(CC#C[Si](CC)(CC)CC)(COCc1ccccc1)COCc1ccccc1)(CC)CC. The van der Waals surface area contributed by atoms with Crippen molar-refractivity contribution < 1.29 is 9.47 Å². The zero-order valence-corrected chi connectivity index (χ0v) is 27.6. The highest BCUT2D eigenvalue weighted by Crippen LogP contribution is 2.30. The van der Waals surface area contributed by atoms with E-state index in [-0.39, 0.29) is 5.41 Å². The van der Waals surface area contributed by atoms with Crippen LogP contribution in [0.3, 0.4) is 0 Å². The summed E-state index contributed by atoms with van der Waals surface area (Å²) in [6.07, 6.45) is 1.53. The van der Waals surface area contributed by atoms with E-state index in [1.807, 2.05) is 12.1 Å². The lowest BCUT2D eigenvalue weighted by atomic mass is 9.83. The smallest absolute Gasteiger partial charge is 0.137 e. The Bertz CT molecular complexity index is 948. The van der Waals surface area contributed by atoms with Crippen LogP contribution in [0.15, 0.2) is 60.7 Å². The van der Waals surface area contributed by atoms with Crippen LogP contribution in [0.5, 0.6) is 0 Å². The molecule has 0 aromatic heterocycles. The van der Waals surface area contributed by atoms with Crippen molar-refractivity contribution in [3.8, 4) is 22.9 Å². The zero-order chi connectivity index (χ0) is 28.5. The van der Waals surface area contributed by atoms with E-state index in [2.05, 4.69) is 113 Å². The summed E-state index contributed by atoms with van der Waals surface area (Å²) in [5.74, 6) is 7.40. The maximum absolute atomic E-state index is 6.42. The van der Waals surface area contributed by atoms with Gasteiger partial charge in [-0.3, -0.25) is 0 Å². The molecule has 0 bridgehead atoms. The van der Waals surface area contributed by atoms with Crippen LogP contribution in [0.25, 0.3) is 0 Å². The molecular weight excluding hydrogens is 509 g/mol. The van der Waals surface area contributed by atoms with Crippen molar-refractivity contribution in [3.63, 3.8) is 0 Å². The predicted molar refractivity (Wildman–Crippen MR) is 174 cm³/mol. The molecule has 0 N–H and O–H groups in total. The Balaban J connectivity index is 2.37. The molecule has 212 valence electrons. The standard InChI is InChI=1S/C35H52O2Si2/c1-7-38(8-2,9-3)27-19-25-35(26-20-28-39(10-4,11-5)12-6,31-36-29-33-21-15-13-16-22-33)32-37-30-34-23-17-14-18-24-34/h13-18,21-24H,7-12,25-26,29-32H2,1-6H3. The first-order valence-electron chi connectivity index (χ1n) is 15.2. The van der Waals surface area contributed by atoms with E-state index in [4.69, 9.17) is 9.47 Å². The van der Waals surface area contributed by atoms with Gasteiger partial charge in [-0.15, -0.1) is 22.9 Å². The molecule has 0 amide bonds. The van der Waals surface area contributed by atoms with Crippen LogP contribution in [-0.4, -0.2) is 29.4 Å². The van der Waals surface area contributed by atoms with Crippen molar-refractivity contribution in [2.75, 3.05) is 13.2 Å². The summed E-state index contributed by atoms with van der Waals surface area (Å²) in [6.45, 7) is 16.3. The van der Waals surface area contributed by atoms with E-state index < -0.39 is 16.1 Å². The summed E-state index contributed by atoms with van der Waals surface area (Å²) in [4.78, 5) is 0. The number of rotatable bonds is 16. The second-order valence-corrected chi connectivity index (χ2v) is 21.0. The largest absolute Gasteiger partial charge is 0.376 e. The fourth-order valence-electron chi connectivity index (χ4n) is 5.10. The summed E-state index contributed by atoms with van der Waals surface area (Å²) in [5, 5.41) is 0. The highest BCUT2D eigenvalue weighted by Gasteiger charge is 2.32. The molecule has 0 aliphatic heterocycles. The van der Waals surface area contributed by atoms with Gasteiger partial charge in [0.15, 0.2) is 0 Å². The quantitative estimate of drug-likeness (QED) is 0.150. The van der Waals surface area contributed by atoms with Crippen LogP contribution in [0, 0.1) is 28.3 Å². The summed E-state index contributed by atoms with van der Waals surface area (Å²) >= 11 is 0. The van der Waals surface area contributed by atoms with Gasteiger partial charge >= 0.3 is 0 Å². The Hall–Kier alpha value is -2.09. The fourth-order valence-corrected chi connectivity index (χ4v) is 10.1. The molecule has 0 spiro atoms.